The summed E-state index contributed by atoms with van der Waals surface area (Å²) in [7, 11) is 0. The lowest BCUT2D eigenvalue weighted by molar-refractivity contribution is -0.132. The average Bonchev–Trinajstić information content (AvgIpc) is 2.39. The van der Waals surface area contributed by atoms with Crippen LogP contribution in [-0.4, -0.2) is 41.4 Å². The van der Waals surface area contributed by atoms with Gasteiger partial charge in [-0.1, -0.05) is 30.3 Å². The molecule has 0 radical (unpaired) electrons. The molecule has 1 heterocycles. The molecule has 1 aliphatic rings. The maximum absolute atomic E-state index is 11.6. The highest BCUT2D eigenvalue weighted by Gasteiger charge is 2.30. The van der Waals surface area contributed by atoms with Gasteiger partial charge < -0.3 is 4.90 Å². The molecule has 1 aliphatic heterocycles. The second kappa shape index (κ2) is 5.53. The van der Waals surface area contributed by atoms with E-state index in [2.05, 4.69) is 43.0 Å². The van der Waals surface area contributed by atoms with Crippen LogP contribution in [0.4, 0.5) is 0 Å². The molecule has 1 saturated heterocycles. The summed E-state index contributed by atoms with van der Waals surface area (Å²) in [5.74, 6) is 0.180. The molecule has 1 aromatic carbocycles. The minimum atomic E-state index is 0.180. The highest BCUT2D eigenvalue weighted by atomic mass is 16.2. The van der Waals surface area contributed by atoms with Crippen molar-refractivity contribution >= 4 is 5.91 Å². The number of amides is 1. The number of carbonyl (C=O) groups is 1. The van der Waals surface area contributed by atoms with E-state index in [1.54, 1.807) is 6.92 Å². The van der Waals surface area contributed by atoms with Crippen LogP contribution >= 0.6 is 0 Å². The molecule has 1 amide bonds. The monoisotopic (exact) mass is 246 g/mol. The Labute approximate surface area is 109 Å². The zero-order valence-electron chi connectivity index (χ0n) is 11.5. The van der Waals surface area contributed by atoms with Gasteiger partial charge in [0.25, 0.3) is 0 Å². The van der Waals surface area contributed by atoms with Gasteiger partial charge in [-0.25, -0.2) is 0 Å². The van der Waals surface area contributed by atoms with Crippen LogP contribution < -0.4 is 0 Å². The average molecular weight is 246 g/mol. The standard InChI is InChI=1S/C15H22N2O/c1-12(2)17-10-9-16(13(3)18)11-15(17)14-7-5-4-6-8-14/h4-8,12,15H,9-11H2,1-3H3/t15-/m0/s1. The van der Waals surface area contributed by atoms with E-state index in [0.717, 1.165) is 19.6 Å². The molecule has 18 heavy (non-hydrogen) atoms. The summed E-state index contributed by atoms with van der Waals surface area (Å²) >= 11 is 0. The molecule has 98 valence electrons. The molecule has 1 aromatic rings. The summed E-state index contributed by atoms with van der Waals surface area (Å²) in [4.78, 5) is 16.0. The van der Waals surface area contributed by atoms with E-state index in [9.17, 15) is 4.79 Å². The lowest BCUT2D eigenvalue weighted by Crippen LogP contribution is -2.51. The fourth-order valence-corrected chi connectivity index (χ4v) is 2.67. The van der Waals surface area contributed by atoms with E-state index in [-0.39, 0.29) is 5.91 Å². The van der Waals surface area contributed by atoms with Crippen molar-refractivity contribution in [3.63, 3.8) is 0 Å². The molecule has 0 saturated carbocycles. The van der Waals surface area contributed by atoms with Crippen LogP contribution in [0.5, 0.6) is 0 Å². The first-order valence-corrected chi connectivity index (χ1v) is 6.66. The second-order valence-corrected chi connectivity index (χ2v) is 5.22. The van der Waals surface area contributed by atoms with E-state index < -0.39 is 0 Å². The van der Waals surface area contributed by atoms with E-state index in [0.29, 0.717) is 12.1 Å². The summed E-state index contributed by atoms with van der Waals surface area (Å²) in [6.45, 7) is 8.71. The Hall–Kier alpha value is -1.35. The Morgan fingerprint density at radius 1 is 1.22 bits per heavy atom. The first-order chi connectivity index (χ1) is 8.59. The van der Waals surface area contributed by atoms with Gasteiger partial charge >= 0.3 is 0 Å². The second-order valence-electron chi connectivity index (χ2n) is 5.22. The molecule has 3 nitrogen and oxygen atoms in total. The topological polar surface area (TPSA) is 23.6 Å². The van der Waals surface area contributed by atoms with Crippen LogP contribution in [0.25, 0.3) is 0 Å². The maximum Gasteiger partial charge on any atom is 0.219 e. The van der Waals surface area contributed by atoms with Gasteiger partial charge in [0.05, 0.1) is 6.04 Å². The Morgan fingerprint density at radius 3 is 2.44 bits per heavy atom. The van der Waals surface area contributed by atoms with Gasteiger partial charge in [0, 0.05) is 32.6 Å². The van der Waals surface area contributed by atoms with Crippen LogP contribution in [0.15, 0.2) is 30.3 Å². The van der Waals surface area contributed by atoms with Gasteiger partial charge in [0.1, 0.15) is 0 Å². The van der Waals surface area contributed by atoms with Crippen molar-refractivity contribution in [2.45, 2.75) is 32.9 Å². The summed E-state index contributed by atoms with van der Waals surface area (Å²) in [6, 6.07) is 11.3. The lowest BCUT2D eigenvalue weighted by atomic mass is 10.0. The molecule has 0 unspecified atom stereocenters. The first-order valence-electron chi connectivity index (χ1n) is 6.66. The summed E-state index contributed by atoms with van der Waals surface area (Å²) in [5, 5.41) is 0. The van der Waals surface area contributed by atoms with Gasteiger partial charge in [-0.15, -0.1) is 0 Å². The normalized spacial score (nSPS) is 21.3. The minimum Gasteiger partial charge on any atom is -0.340 e. The minimum absolute atomic E-state index is 0.180. The zero-order chi connectivity index (χ0) is 13.1. The van der Waals surface area contributed by atoms with Crippen LogP contribution in [-0.2, 0) is 4.79 Å². The lowest BCUT2D eigenvalue weighted by Gasteiger charge is -2.43. The van der Waals surface area contributed by atoms with Gasteiger partial charge in [-0.2, -0.15) is 0 Å². The molecule has 2 rings (SSSR count). The zero-order valence-corrected chi connectivity index (χ0v) is 11.5. The Bertz CT molecular complexity index is 402. The quantitative estimate of drug-likeness (QED) is 0.799. The number of nitrogens with zero attached hydrogens (tertiary/aromatic N) is 2. The van der Waals surface area contributed by atoms with Crippen molar-refractivity contribution in [3.05, 3.63) is 35.9 Å². The van der Waals surface area contributed by atoms with Gasteiger partial charge in [0.15, 0.2) is 0 Å². The van der Waals surface area contributed by atoms with E-state index in [4.69, 9.17) is 0 Å². The molecule has 1 atom stereocenters. The van der Waals surface area contributed by atoms with Gasteiger partial charge in [-0.05, 0) is 19.4 Å². The maximum atomic E-state index is 11.6. The van der Waals surface area contributed by atoms with Crippen molar-refractivity contribution in [1.82, 2.24) is 9.80 Å². The van der Waals surface area contributed by atoms with Crippen LogP contribution in [0.3, 0.4) is 0 Å². The number of carbonyl (C=O) groups excluding carboxylic acids is 1. The van der Waals surface area contributed by atoms with Crippen LogP contribution in [0, 0.1) is 0 Å². The fraction of sp³-hybridized carbons (Fsp3) is 0.533. The molecule has 0 bridgehead atoms. The van der Waals surface area contributed by atoms with Crippen molar-refractivity contribution in [1.29, 1.82) is 0 Å². The number of rotatable bonds is 2. The van der Waals surface area contributed by atoms with Crippen molar-refractivity contribution < 1.29 is 4.79 Å². The number of piperazine rings is 1. The number of hydrogen-bond acceptors (Lipinski definition) is 2. The Balaban J connectivity index is 2.23. The molecule has 0 N–H and O–H groups in total. The summed E-state index contributed by atoms with van der Waals surface area (Å²) < 4.78 is 0. The smallest absolute Gasteiger partial charge is 0.219 e. The van der Waals surface area contributed by atoms with E-state index >= 15 is 0 Å². The molecule has 0 spiro atoms. The molecule has 0 aliphatic carbocycles. The molecular formula is C15H22N2O. The third kappa shape index (κ3) is 2.72. The van der Waals surface area contributed by atoms with Crippen LogP contribution in [0.2, 0.25) is 0 Å². The predicted molar refractivity (Wildman–Crippen MR) is 73.3 cm³/mol. The summed E-state index contributed by atoms with van der Waals surface area (Å²) in [5.41, 5.74) is 1.30. The number of hydrogen-bond donors (Lipinski definition) is 0. The highest BCUT2D eigenvalue weighted by Crippen LogP contribution is 2.27. The fourth-order valence-electron chi connectivity index (χ4n) is 2.67. The highest BCUT2D eigenvalue weighted by molar-refractivity contribution is 5.73. The van der Waals surface area contributed by atoms with E-state index in [1.165, 1.54) is 5.56 Å². The molecule has 0 aromatic heterocycles. The van der Waals surface area contributed by atoms with Gasteiger partial charge in [-0.3, -0.25) is 9.69 Å². The Morgan fingerprint density at radius 2 is 1.89 bits per heavy atom. The Kier molecular flexibility index (Phi) is 4.02. The molecular weight excluding hydrogens is 224 g/mol. The van der Waals surface area contributed by atoms with Crippen molar-refractivity contribution in [2.24, 2.45) is 0 Å². The molecule has 1 fully saturated rings. The number of benzene rings is 1. The predicted octanol–water partition coefficient (Wildman–Crippen LogP) is 2.30. The van der Waals surface area contributed by atoms with Crippen LogP contribution in [0.1, 0.15) is 32.4 Å². The third-order valence-corrected chi connectivity index (χ3v) is 3.71. The van der Waals surface area contributed by atoms with Crippen molar-refractivity contribution in [3.8, 4) is 0 Å². The summed E-state index contributed by atoms with van der Waals surface area (Å²) in [6.07, 6.45) is 0. The largest absolute Gasteiger partial charge is 0.340 e. The third-order valence-electron chi connectivity index (χ3n) is 3.71. The van der Waals surface area contributed by atoms with Crippen molar-refractivity contribution in [2.75, 3.05) is 19.6 Å². The first kappa shape index (κ1) is 13.1. The molecule has 3 heteroatoms. The van der Waals surface area contributed by atoms with Gasteiger partial charge in [0.2, 0.25) is 5.91 Å². The SMILES string of the molecule is CC(=O)N1CCN(C(C)C)[C@H](c2ccccc2)C1. The van der Waals surface area contributed by atoms with E-state index in [1.807, 2.05) is 11.0 Å².